The minimum Gasteiger partial charge on any atom is -0.464 e. The largest absolute Gasteiger partial charge is 0.464 e. The van der Waals surface area contributed by atoms with E-state index in [-0.39, 0.29) is 0 Å². The van der Waals surface area contributed by atoms with Crippen molar-refractivity contribution in [1.29, 1.82) is 0 Å². The summed E-state index contributed by atoms with van der Waals surface area (Å²) in [5.74, 6) is 0. The summed E-state index contributed by atoms with van der Waals surface area (Å²) in [5.41, 5.74) is 9.15. The number of nitrogens with one attached hydrogen (secondary N) is 1. The quantitative estimate of drug-likeness (QED) is 0.869. The number of hydrogen-bond acceptors (Lipinski definition) is 3. The van der Waals surface area contributed by atoms with Crippen LogP contribution in [0.1, 0.15) is 36.8 Å². The maximum Gasteiger partial charge on any atom is 0.134 e. The number of fused-ring (bicyclic) bond motifs is 1. The molecular formula is C15H20N2O. The molecule has 0 radical (unpaired) electrons. The molecule has 1 aliphatic rings. The van der Waals surface area contributed by atoms with E-state index in [0.29, 0.717) is 12.6 Å². The molecule has 3 heteroatoms. The molecule has 1 aliphatic carbocycles. The minimum atomic E-state index is 0.563. The van der Waals surface area contributed by atoms with Gasteiger partial charge >= 0.3 is 0 Å². The monoisotopic (exact) mass is 244 g/mol. The fourth-order valence-corrected chi connectivity index (χ4v) is 2.92. The summed E-state index contributed by atoms with van der Waals surface area (Å²) in [6.07, 6.45) is 7.19. The van der Waals surface area contributed by atoms with Crippen LogP contribution in [0.3, 0.4) is 0 Å². The molecule has 1 aromatic heterocycles. The summed E-state index contributed by atoms with van der Waals surface area (Å²) in [6.45, 7) is 1.45. The van der Waals surface area contributed by atoms with E-state index in [1.165, 1.54) is 42.2 Å². The molecule has 1 fully saturated rings. The Morgan fingerprint density at radius 3 is 2.83 bits per heavy atom. The van der Waals surface area contributed by atoms with Crippen LogP contribution in [-0.4, -0.2) is 6.04 Å². The van der Waals surface area contributed by atoms with Crippen LogP contribution in [0.4, 0.5) is 0 Å². The van der Waals surface area contributed by atoms with Gasteiger partial charge in [-0.15, -0.1) is 0 Å². The molecule has 1 aromatic carbocycles. The van der Waals surface area contributed by atoms with E-state index >= 15 is 0 Å². The summed E-state index contributed by atoms with van der Waals surface area (Å²) in [6, 6.07) is 6.77. The van der Waals surface area contributed by atoms with Gasteiger partial charge in [0, 0.05) is 30.1 Å². The first-order valence-electron chi connectivity index (χ1n) is 6.80. The van der Waals surface area contributed by atoms with E-state index in [2.05, 4.69) is 11.4 Å². The average molecular weight is 244 g/mol. The van der Waals surface area contributed by atoms with Crippen LogP contribution >= 0.6 is 0 Å². The van der Waals surface area contributed by atoms with Gasteiger partial charge in [0.1, 0.15) is 5.58 Å². The van der Waals surface area contributed by atoms with Crippen LogP contribution in [0.5, 0.6) is 0 Å². The number of nitrogens with two attached hydrogens (primary N) is 1. The number of benzene rings is 1. The zero-order valence-corrected chi connectivity index (χ0v) is 10.6. The van der Waals surface area contributed by atoms with Gasteiger partial charge in [0.05, 0.1) is 6.26 Å². The van der Waals surface area contributed by atoms with Crippen molar-refractivity contribution in [2.75, 3.05) is 0 Å². The molecule has 0 saturated heterocycles. The lowest BCUT2D eigenvalue weighted by Gasteiger charge is -2.11. The first-order valence-corrected chi connectivity index (χ1v) is 6.80. The van der Waals surface area contributed by atoms with Gasteiger partial charge in [0.2, 0.25) is 0 Å². The van der Waals surface area contributed by atoms with Gasteiger partial charge in [0.25, 0.3) is 0 Å². The van der Waals surface area contributed by atoms with Crippen molar-refractivity contribution in [3.05, 3.63) is 35.6 Å². The van der Waals surface area contributed by atoms with Crippen LogP contribution < -0.4 is 11.1 Å². The zero-order valence-electron chi connectivity index (χ0n) is 10.6. The molecule has 0 aliphatic heterocycles. The minimum absolute atomic E-state index is 0.563. The summed E-state index contributed by atoms with van der Waals surface area (Å²) in [7, 11) is 0. The van der Waals surface area contributed by atoms with Crippen molar-refractivity contribution in [3.63, 3.8) is 0 Å². The number of rotatable bonds is 4. The molecule has 0 atom stereocenters. The Morgan fingerprint density at radius 2 is 2.06 bits per heavy atom. The molecule has 1 heterocycles. The lowest BCUT2D eigenvalue weighted by Crippen LogP contribution is -2.25. The third kappa shape index (κ3) is 2.16. The molecule has 0 spiro atoms. The van der Waals surface area contributed by atoms with Crippen LogP contribution in [0, 0.1) is 0 Å². The maximum atomic E-state index is 5.80. The summed E-state index contributed by atoms with van der Waals surface area (Å²) < 4.78 is 5.61. The van der Waals surface area contributed by atoms with Gasteiger partial charge in [-0.25, -0.2) is 0 Å². The normalized spacial score (nSPS) is 16.7. The van der Waals surface area contributed by atoms with Crippen LogP contribution in [0.25, 0.3) is 11.0 Å². The molecule has 96 valence electrons. The lowest BCUT2D eigenvalue weighted by atomic mass is 10.1. The Hall–Kier alpha value is -1.32. The van der Waals surface area contributed by atoms with E-state index in [9.17, 15) is 0 Å². The highest BCUT2D eigenvalue weighted by molar-refractivity contribution is 5.84. The molecule has 3 nitrogen and oxygen atoms in total. The Morgan fingerprint density at radius 1 is 1.22 bits per heavy atom. The van der Waals surface area contributed by atoms with Crippen molar-refractivity contribution in [3.8, 4) is 0 Å². The first kappa shape index (κ1) is 11.8. The molecule has 2 aromatic rings. The summed E-state index contributed by atoms with van der Waals surface area (Å²) in [5, 5.41) is 4.83. The van der Waals surface area contributed by atoms with Gasteiger partial charge < -0.3 is 15.5 Å². The van der Waals surface area contributed by atoms with Crippen molar-refractivity contribution in [2.24, 2.45) is 5.73 Å². The lowest BCUT2D eigenvalue weighted by molar-refractivity contribution is 0.520. The number of hydrogen-bond donors (Lipinski definition) is 2. The van der Waals surface area contributed by atoms with Gasteiger partial charge in [-0.05, 0) is 24.5 Å². The van der Waals surface area contributed by atoms with Crippen molar-refractivity contribution >= 4 is 11.0 Å². The second-order valence-corrected chi connectivity index (χ2v) is 5.12. The fourth-order valence-electron chi connectivity index (χ4n) is 2.92. The molecule has 0 unspecified atom stereocenters. The van der Waals surface area contributed by atoms with E-state index in [1.807, 2.05) is 18.4 Å². The summed E-state index contributed by atoms with van der Waals surface area (Å²) >= 11 is 0. The van der Waals surface area contributed by atoms with E-state index in [0.717, 1.165) is 12.1 Å². The molecule has 3 rings (SSSR count). The molecule has 1 saturated carbocycles. The summed E-state index contributed by atoms with van der Waals surface area (Å²) in [4.78, 5) is 0. The number of furan rings is 1. The average Bonchev–Trinajstić information content (AvgIpc) is 3.05. The highest BCUT2D eigenvalue weighted by Crippen LogP contribution is 2.25. The highest BCUT2D eigenvalue weighted by Gasteiger charge is 2.15. The fraction of sp³-hybridized carbons (Fsp3) is 0.467. The molecule has 0 bridgehead atoms. The molecule has 18 heavy (non-hydrogen) atoms. The van der Waals surface area contributed by atoms with E-state index in [1.54, 1.807) is 0 Å². The second-order valence-electron chi connectivity index (χ2n) is 5.12. The Labute approximate surface area is 107 Å². The van der Waals surface area contributed by atoms with Gasteiger partial charge in [0.15, 0.2) is 0 Å². The highest BCUT2D eigenvalue weighted by atomic mass is 16.3. The van der Waals surface area contributed by atoms with E-state index < -0.39 is 0 Å². The van der Waals surface area contributed by atoms with Crippen molar-refractivity contribution in [2.45, 2.75) is 44.8 Å². The smallest absolute Gasteiger partial charge is 0.134 e. The van der Waals surface area contributed by atoms with Gasteiger partial charge in [-0.3, -0.25) is 0 Å². The Balaban J connectivity index is 1.82. The molecule has 0 amide bonds. The van der Waals surface area contributed by atoms with Crippen LogP contribution in [0.15, 0.2) is 28.9 Å². The topological polar surface area (TPSA) is 51.2 Å². The zero-order chi connectivity index (χ0) is 12.4. The van der Waals surface area contributed by atoms with Gasteiger partial charge in [-0.1, -0.05) is 25.0 Å². The second kappa shape index (κ2) is 5.12. The predicted molar refractivity (Wildman–Crippen MR) is 73.2 cm³/mol. The molecular weight excluding hydrogens is 224 g/mol. The maximum absolute atomic E-state index is 5.80. The van der Waals surface area contributed by atoms with E-state index in [4.69, 9.17) is 10.2 Å². The predicted octanol–water partition coefficient (Wildman–Crippen LogP) is 2.92. The SMILES string of the molecule is NCc1cccc2occ(CNC3CCCC3)c12. The standard InChI is InChI=1S/C15H20N2O/c16-8-11-4-3-7-14-15(11)12(10-18-14)9-17-13-5-1-2-6-13/h3-4,7,10,13,17H,1-2,5-6,8-9,16H2. The first-order chi connectivity index (χ1) is 8.88. The Kier molecular flexibility index (Phi) is 3.35. The molecule has 3 N–H and O–H groups in total. The van der Waals surface area contributed by atoms with Crippen molar-refractivity contribution in [1.82, 2.24) is 5.32 Å². The van der Waals surface area contributed by atoms with Crippen molar-refractivity contribution < 1.29 is 4.42 Å². The third-order valence-electron chi connectivity index (χ3n) is 3.92. The third-order valence-corrected chi connectivity index (χ3v) is 3.92. The Bertz CT molecular complexity index is 526. The van der Waals surface area contributed by atoms with Crippen LogP contribution in [-0.2, 0) is 13.1 Å². The van der Waals surface area contributed by atoms with Crippen LogP contribution in [0.2, 0.25) is 0 Å². The van der Waals surface area contributed by atoms with Gasteiger partial charge in [-0.2, -0.15) is 0 Å².